The van der Waals surface area contributed by atoms with Crippen molar-refractivity contribution in [3.63, 3.8) is 0 Å². The molecule has 1 atom stereocenters. The van der Waals surface area contributed by atoms with Crippen LogP contribution < -0.4 is 17.0 Å². The summed E-state index contributed by atoms with van der Waals surface area (Å²) in [6.07, 6.45) is 1.34. The molecule has 0 rings (SSSR count). The fourth-order valence-electron chi connectivity index (χ4n) is 0.204. The molecule has 40 valence electrons. The number of hydrogen-bond donors (Lipinski definition) is 0. The Bertz CT molecular complexity index is 27.3. The first-order valence-electron chi connectivity index (χ1n) is 2.60. The van der Waals surface area contributed by atoms with Crippen LogP contribution in [0.4, 0.5) is 0 Å². The van der Waals surface area contributed by atoms with Gasteiger partial charge in [0.25, 0.3) is 0 Å². The predicted octanol–water partition coefficient (Wildman–Crippen LogP) is -1.38. The van der Waals surface area contributed by atoms with E-state index in [4.69, 9.17) is 0 Å². The van der Waals surface area contributed by atoms with Gasteiger partial charge in [0.05, 0.1) is 0 Å². The van der Waals surface area contributed by atoms with Crippen molar-refractivity contribution in [2.45, 2.75) is 24.8 Å². The summed E-state index contributed by atoms with van der Waals surface area (Å²) in [5, 5.41) is 0. The molecule has 2 heteroatoms. The molecule has 0 aliphatic rings. The third-order valence-electron chi connectivity index (χ3n) is 1.19. The van der Waals surface area contributed by atoms with Crippen LogP contribution in [0.15, 0.2) is 0 Å². The summed E-state index contributed by atoms with van der Waals surface area (Å²) in [6.45, 7) is 4.52. The minimum Gasteiger partial charge on any atom is -1.00 e. The average molecular weight is 175 g/mol. The van der Waals surface area contributed by atoms with Gasteiger partial charge in [-0.15, -0.1) is 0 Å². The Hall–Kier alpha value is 1.25. The Labute approximate surface area is 69.3 Å². The number of halogens is 1. The van der Waals surface area contributed by atoms with Gasteiger partial charge in [0.15, 0.2) is 0 Å². The summed E-state index contributed by atoms with van der Waals surface area (Å²) in [6, 6.07) is 0. The first kappa shape index (κ1) is 11.1. The van der Waals surface area contributed by atoms with Gasteiger partial charge < -0.3 is 17.0 Å². The van der Waals surface area contributed by atoms with Gasteiger partial charge in [-0.1, -0.05) is 0 Å². The zero-order valence-corrected chi connectivity index (χ0v) is 8.08. The summed E-state index contributed by atoms with van der Waals surface area (Å²) in [4.78, 5) is 0. The van der Waals surface area contributed by atoms with Crippen LogP contribution in [0.3, 0.4) is 0 Å². The molecule has 1 unspecified atom stereocenters. The molecular weight excluding hydrogens is 164 g/mol. The largest absolute Gasteiger partial charge is 1.00 e. The topological polar surface area (TPSA) is 0 Å². The van der Waals surface area contributed by atoms with Crippen molar-refractivity contribution in [1.29, 1.82) is 0 Å². The molecule has 0 aromatic carbocycles. The Morgan fingerprint density at radius 3 is 2.00 bits per heavy atom. The van der Waals surface area contributed by atoms with Crippen molar-refractivity contribution in [2.24, 2.45) is 5.92 Å². The minimum absolute atomic E-state index is 0. The second-order valence-electron chi connectivity index (χ2n) is 1.80. The van der Waals surface area contributed by atoms with Crippen molar-refractivity contribution in [2.75, 3.05) is 0 Å². The fourth-order valence-corrected chi connectivity index (χ4v) is 0.612. The molecule has 0 N–H and O–H groups in total. The van der Waals surface area contributed by atoms with Crippen molar-refractivity contribution in [1.82, 2.24) is 0 Å². The zero-order chi connectivity index (χ0) is 4.99. The van der Waals surface area contributed by atoms with Crippen LogP contribution in [0.5, 0.6) is 0 Å². The van der Waals surface area contributed by atoms with E-state index in [2.05, 4.69) is 35.6 Å². The molecule has 0 saturated carbocycles. The van der Waals surface area contributed by atoms with Crippen molar-refractivity contribution in [3.8, 4) is 0 Å². The van der Waals surface area contributed by atoms with Gasteiger partial charge in [0, 0.05) is 0 Å². The molecule has 0 saturated heterocycles. The zero-order valence-electron chi connectivity index (χ0n) is 5.08. The van der Waals surface area contributed by atoms with Crippen LogP contribution in [0, 0.1) is 5.92 Å². The van der Waals surface area contributed by atoms with Gasteiger partial charge in [-0.05, 0) is 0 Å². The van der Waals surface area contributed by atoms with E-state index in [9.17, 15) is 0 Å². The van der Waals surface area contributed by atoms with Gasteiger partial charge in [-0.2, -0.15) is 0 Å². The van der Waals surface area contributed by atoms with Crippen LogP contribution in [-0.4, -0.2) is 21.7 Å². The molecular formula is C5H11BrMg. The maximum atomic E-state index is 2.28. The Kier molecular flexibility index (Phi) is 11.5. The van der Waals surface area contributed by atoms with Gasteiger partial charge in [0.1, 0.15) is 0 Å². The summed E-state index contributed by atoms with van der Waals surface area (Å²) >= 11 is 2.06. The fraction of sp³-hybridized carbons (Fsp3) is 1.00. The van der Waals surface area contributed by atoms with Gasteiger partial charge in [-0.3, -0.25) is 0 Å². The van der Waals surface area contributed by atoms with Gasteiger partial charge >= 0.3 is 52.4 Å². The van der Waals surface area contributed by atoms with Gasteiger partial charge in [-0.25, -0.2) is 0 Å². The van der Waals surface area contributed by atoms with Crippen molar-refractivity contribution < 1.29 is 17.0 Å². The van der Waals surface area contributed by atoms with Crippen LogP contribution in [0.25, 0.3) is 0 Å². The monoisotopic (exact) mass is 174 g/mol. The quantitative estimate of drug-likeness (QED) is 0.454. The van der Waals surface area contributed by atoms with E-state index in [0.717, 1.165) is 5.92 Å². The van der Waals surface area contributed by atoms with E-state index in [1.54, 1.807) is 0 Å². The van der Waals surface area contributed by atoms with Crippen molar-refractivity contribution in [3.05, 3.63) is 0 Å². The van der Waals surface area contributed by atoms with E-state index >= 15 is 0 Å². The Morgan fingerprint density at radius 2 is 2.00 bits per heavy atom. The molecule has 0 aliphatic carbocycles. The molecule has 0 aliphatic heterocycles. The molecule has 0 heterocycles. The molecule has 0 radical (unpaired) electrons. The molecule has 0 spiro atoms. The smallest absolute Gasteiger partial charge is 1.00 e. The van der Waals surface area contributed by atoms with Gasteiger partial charge in [0.2, 0.25) is 0 Å². The molecule has 0 nitrogen and oxygen atoms in total. The Balaban J connectivity index is 0. The summed E-state index contributed by atoms with van der Waals surface area (Å²) in [5.41, 5.74) is 0. The summed E-state index contributed by atoms with van der Waals surface area (Å²) < 4.78 is 1.36. The first-order chi connectivity index (χ1) is 2.81. The molecule has 7 heavy (non-hydrogen) atoms. The number of hydrogen-bond acceptors (Lipinski definition) is 0. The number of rotatable bonds is 2. The van der Waals surface area contributed by atoms with E-state index < -0.39 is 0 Å². The Morgan fingerprint density at radius 1 is 1.57 bits per heavy atom. The first-order valence-corrected chi connectivity index (χ1v) is 3.60. The van der Waals surface area contributed by atoms with E-state index in [1.165, 1.54) is 11.0 Å². The summed E-state index contributed by atoms with van der Waals surface area (Å²) in [7, 11) is 0. The second-order valence-corrected chi connectivity index (χ2v) is 2.38. The third kappa shape index (κ3) is 7.25. The third-order valence-corrected chi connectivity index (χ3v) is 2.18. The molecule has 0 aromatic rings. The minimum atomic E-state index is 0. The van der Waals surface area contributed by atoms with Crippen LogP contribution in [0.1, 0.15) is 20.3 Å². The van der Waals surface area contributed by atoms with Crippen LogP contribution in [0.2, 0.25) is 4.55 Å². The SMILES string of the molecule is CCC(C)[CH2][Mg+].[Br-]. The van der Waals surface area contributed by atoms with E-state index in [0.29, 0.717) is 0 Å². The standard InChI is InChI=1S/C5H11.BrH.Mg/c1-4-5(2)3;;/h5H,2,4H2,1,3H3;1H;/q;;+1/p-1. The summed E-state index contributed by atoms with van der Waals surface area (Å²) in [5.74, 6) is 0.948. The second kappa shape index (κ2) is 7.25. The predicted molar refractivity (Wildman–Crippen MR) is 30.0 cm³/mol. The maximum absolute atomic E-state index is 2.28. The normalized spacial score (nSPS) is 12.6. The van der Waals surface area contributed by atoms with E-state index in [-0.39, 0.29) is 17.0 Å². The van der Waals surface area contributed by atoms with Crippen LogP contribution >= 0.6 is 0 Å². The molecule has 0 aromatic heterocycles. The molecule has 0 fully saturated rings. The van der Waals surface area contributed by atoms with Crippen molar-refractivity contribution >= 4 is 21.7 Å². The average Bonchev–Trinajstić information content (AvgIpc) is 1.65. The molecule has 0 amide bonds. The van der Waals surface area contributed by atoms with E-state index in [1.807, 2.05) is 0 Å². The van der Waals surface area contributed by atoms with Crippen LogP contribution in [-0.2, 0) is 0 Å². The maximum Gasteiger partial charge on any atom is -1.00 e. The molecule has 0 bridgehead atoms.